The van der Waals surface area contributed by atoms with Crippen molar-refractivity contribution in [1.82, 2.24) is 9.78 Å². The van der Waals surface area contributed by atoms with E-state index in [1.54, 1.807) is 16.8 Å². The van der Waals surface area contributed by atoms with Gasteiger partial charge in [0.05, 0.1) is 6.54 Å². The second-order valence-electron chi connectivity index (χ2n) is 8.62. The Balaban J connectivity index is 1.40. The van der Waals surface area contributed by atoms with Crippen LogP contribution in [0.5, 0.6) is 5.75 Å². The first-order valence-electron chi connectivity index (χ1n) is 11.2. The number of furan rings is 1. The van der Waals surface area contributed by atoms with Crippen LogP contribution >= 0.6 is 11.6 Å². The van der Waals surface area contributed by atoms with Gasteiger partial charge in [-0.2, -0.15) is 5.10 Å². The van der Waals surface area contributed by atoms with Crippen molar-refractivity contribution in [3.8, 4) is 5.75 Å². The maximum absolute atomic E-state index is 12.7. The number of anilines is 1. The SMILES string of the molecule is Cc1ccc(C(C)C)c(OCc2ccc(C(=O)Nc3cc(C)n(Cc4ccccc4Cl)n3)o2)c1. The van der Waals surface area contributed by atoms with Crippen molar-refractivity contribution in [2.45, 2.75) is 46.8 Å². The first-order valence-corrected chi connectivity index (χ1v) is 11.6. The molecule has 1 N–H and O–H groups in total. The zero-order valence-electron chi connectivity index (χ0n) is 19.8. The van der Waals surface area contributed by atoms with E-state index in [0.717, 1.165) is 28.1 Å². The highest BCUT2D eigenvalue weighted by Gasteiger charge is 2.16. The summed E-state index contributed by atoms with van der Waals surface area (Å²) in [7, 11) is 0. The van der Waals surface area contributed by atoms with Crippen molar-refractivity contribution < 1.29 is 13.9 Å². The molecular weight excluding hydrogens is 450 g/mol. The number of carbonyl (C=O) groups is 1. The van der Waals surface area contributed by atoms with Crippen LogP contribution in [0.2, 0.25) is 5.02 Å². The van der Waals surface area contributed by atoms with E-state index < -0.39 is 0 Å². The number of benzene rings is 2. The van der Waals surface area contributed by atoms with Crippen molar-refractivity contribution in [3.63, 3.8) is 0 Å². The number of nitrogens with zero attached hydrogens (tertiary/aromatic N) is 2. The quantitative estimate of drug-likeness (QED) is 0.304. The Kier molecular flexibility index (Phi) is 7.08. The third-order valence-electron chi connectivity index (χ3n) is 5.55. The molecule has 2 aromatic heterocycles. The number of carbonyl (C=O) groups excluding carboxylic acids is 1. The van der Waals surface area contributed by atoms with Crippen molar-refractivity contribution in [2.24, 2.45) is 0 Å². The lowest BCUT2D eigenvalue weighted by molar-refractivity contribution is 0.0992. The smallest absolute Gasteiger partial charge is 0.292 e. The Morgan fingerprint density at radius 2 is 1.91 bits per heavy atom. The van der Waals surface area contributed by atoms with Gasteiger partial charge in [0, 0.05) is 16.8 Å². The molecule has 0 bridgehead atoms. The maximum Gasteiger partial charge on any atom is 0.292 e. The second-order valence-corrected chi connectivity index (χ2v) is 9.03. The van der Waals surface area contributed by atoms with Crippen LogP contribution in [-0.2, 0) is 13.2 Å². The van der Waals surface area contributed by atoms with Crippen LogP contribution in [0.4, 0.5) is 5.82 Å². The number of halogens is 1. The minimum absolute atomic E-state index is 0.199. The summed E-state index contributed by atoms with van der Waals surface area (Å²) in [5.74, 6) is 2.02. The minimum atomic E-state index is -0.368. The minimum Gasteiger partial charge on any atom is -0.485 e. The third-order valence-corrected chi connectivity index (χ3v) is 5.92. The molecule has 6 nitrogen and oxygen atoms in total. The van der Waals surface area contributed by atoms with Crippen LogP contribution in [0.15, 0.2) is 65.1 Å². The number of amides is 1. The molecule has 1 amide bonds. The van der Waals surface area contributed by atoms with E-state index in [0.29, 0.717) is 29.1 Å². The molecule has 0 unspecified atom stereocenters. The Hall–Kier alpha value is -3.51. The summed E-state index contributed by atoms with van der Waals surface area (Å²) in [4.78, 5) is 12.7. The topological polar surface area (TPSA) is 69.3 Å². The lowest BCUT2D eigenvalue weighted by atomic mass is 10.0. The monoisotopic (exact) mass is 477 g/mol. The standard InChI is InChI=1S/C27H28ClN3O3/c1-17(2)22-11-9-18(3)13-25(22)33-16-21-10-12-24(34-21)27(32)29-26-14-19(4)31(30-26)15-20-7-5-6-8-23(20)28/h5-14,17H,15-16H2,1-4H3,(H,29,30,32). The first-order chi connectivity index (χ1) is 16.3. The highest BCUT2D eigenvalue weighted by Crippen LogP contribution is 2.28. The summed E-state index contributed by atoms with van der Waals surface area (Å²) in [6.45, 7) is 8.97. The highest BCUT2D eigenvalue weighted by atomic mass is 35.5. The second kappa shape index (κ2) is 10.2. The number of hydrogen-bond donors (Lipinski definition) is 1. The molecule has 0 aliphatic carbocycles. The maximum atomic E-state index is 12.7. The van der Waals surface area contributed by atoms with Crippen LogP contribution in [0.25, 0.3) is 0 Å². The molecule has 7 heteroatoms. The van der Waals surface area contributed by atoms with E-state index in [9.17, 15) is 4.79 Å². The van der Waals surface area contributed by atoms with E-state index in [1.165, 1.54) is 0 Å². The normalized spacial score (nSPS) is 11.1. The van der Waals surface area contributed by atoms with Crippen LogP contribution in [0.3, 0.4) is 0 Å². The summed E-state index contributed by atoms with van der Waals surface area (Å²) in [5, 5.41) is 7.97. The van der Waals surface area contributed by atoms with Gasteiger partial charge in [0.15, 0.2) is 11.6 Å². The zero-order chi connectivity index (χ0) is 24.2. The molecule has 0 fully saturated rings. The molecule has 0 radical (unpaired) electrons. The average molecular weight is 478 g/mol. The van der Waals surface area contributed by atoms with Crippen molar-refractivity contribution in [2.75, 3.05) is 5.32 Å². The van der Waals surface area contributed by atoms with E-state index in [1.807, 2.05) is 50.2 Å². The lowest BCUT2D eigenvalue weighted by Gasteiger charge is -2.14. The molecule has 2 aromatic carbocycles. The van der Waals surface area contributed by atoms with E-state index in [-0.39, 0.29) is 18.3 Å². The predicted molar refractivity (Wildman–Crippen MR) is 134 cm³/mol. The third kappa shape index (κ3) is 5.51. The fourth-order valence-corrected chi connectivity index (χ4v) is 3.86. The van der Waals surface area contributed by atoms with Crippen LogP contribution < -0.4 is 10.1 Å². The van der Waals surface area contributed by atoms with Crippen LogP contribution in [-0.4, -0.2) is 15.7 Å². The molecule has 4 aromatic rings. The summed E-state index contributed by atoms with van der Waals surface area (Å²) >= 11 is 6.26. The van der Waals surface area contributed by atoms with Crippen LogP contribution in [0.1, 0.15) is 58.5 Å². The molecule has 2 heterocycles. The van der Waals surface area contributed by atoms with E-state index in [2.05, 4.69) is 36.4 Å². The number of rotatable bonds is 8. The Morgan fingerprint density at radius 1 is 1.12 bits per heavy atom. The molecule has 0 aliphatic rings. The number of aromatic nitrogens is 2. The molecule has 176 valence electrons. The van der Waals surface area contributed by atoms with Gasteiger partial charge in [0.1, 0.15) is 18.1 Å². The molecule has 0 saturated heterocycles. The summed E-state index contributed by atoms with van der Waals surface area (Å²) in [6, 6.07) is 19.0. The van der Waals surface area contributed by atoms with Gasteiger partial charge in [-0.25, -0.2) is 0 Å². The average Bonchev–Trinajstić information content (AvgIpc) is 3.40. The summed E-state index contributed by atoms with van der Waals surface area (Å²) < 4.78 is 13.5. The summed E-state index contributed by atoms with van der Waals surface area (Å²) in [6.07, 6.45) is 0. The Labute approximate surface area is 204 Å². The fourth-order valence-electron chi connectivity index (χ4n) is 3.67. The highest BCUT2D eigenvalue weighted by molar-refractivity contribution is 6.31. The molecule has 0 saturated carbocycles. The van der Waals surface area contributed by atoms with Gasteiger partial charge >= 0.3 is 0 Å². The van der Waals surface area contributed by atoms with Gasteiger partial charge in [-0.05, 0) is 60.7 Å². The molecule has 34 heavy (non-hydrogen) atoms. The fraction of sp³-hybridized carbons (Fsp3) is 0.259. The molecular formula is C27H28ClN3O3. The largest absolute Gasteiger partial charge is 0.485 e. The zero-order valence-corrected chi connectivity index (χ0v) is 20.5. The molecule has 0 atom stereocenters. The Morgan fingerprint density at radius 3 is 2.68 bits per heavy atom. The van der Waals surface area contributed by atoms with Crippen molar-refractivity contribution >= 4 is 23.3 Å². The van der Waals surface area contributed by atoms with Gasteiger partial charge in [-0.15, -0.1) is 0 Å². The van der Waals surface area contributed by atoms with Gasteiger partial charge in [0.25, 0.3) is 5.91 Å². The van der Waals surface area contributed by atoms with E-state index >= 15 is 0 Å². The number of ether oxygens (including phenoxy) is 1. The van der Waals surface area contributed by atoms with Gasteiger partial charge in [-0.3, -0.25) is 9.48 Å². The first kappa shape index (κ1) is 23.6. The molecule has 0 spiro atoms. The van der Waals surface area contributed by atoms with Crippen molar-refractivity contribution in [1.29, 1.82) is 0 Å². The van der Waals surface area contributed by atoms with E-state index in [4.69, 9.17) is 20.8 Å². The number of aryl methyl sites for hydroxylation is 2. The summed E-state index contributed by atoms with van der Waals surface area (Å²) in [5.41, 5.74) is 4.13. The molecule has 0 aliphatic heterocycles. The number of hydrogen-bond acceptors (Lipinski definition) is 4. The predicted octanol–water partition coefficient (Wildman–Crippen LogP) is 6.75. The Bertz CT molecular complexity index is 1310. The van der Waals surface area contributed by atoms with Gasteiger partial charge in [0.2, 0.25) is 0 Å². The molecule has 4 rings (SSSR count). The van der Waals surface area contributed by atoms with Gasteiger partial charge < -0.3 is 14.5 Å². The van der Waals surface area contributed by atoms with Crippen LogP contribution in [0, 0.1) is 13.8 Å². The number of nitrogens with one attached hydrogen (secondary N) is 1. The lowest BCUT2D eigenvalue weighted by Crippen LogP contribution is -2.12. The van der Waals surface area contributed by atoms with Crippen molar-refractivity contribution in [3.05, 3.63) is 99.6 Å². The van der Waals surface area contributed by atoms with Gasteiger partial charge in [-0.1, -0.05) is 55.8 Å².